The molecule has 0 fully saturated rings. The summed E-state index contributed by atoms with van der Waals surface area (Å²) in [6, 6.07) is 15.3. The minimum absolute atomic E-state index is 0.0974. The first-order chi connectivity index (χ1) is 11.6. The van der Waals surface area contributed by atoms with Crippen LogP contribution in [0, 0.1) is 0 Å². The zero-order chi connectivity index (χ0) is 17.1. The number of hydrogen-bond acceptors (Lipinski definition) is 3. The molecule has 0 aliphatic rings. The first-order valence-corrected chi connectivity index (χ1v) is 8.56. The fourth-order valence-electron chi connectivity index (χ4n) is 2.55. The first-order valence-electron chi connectivity index (χ1n) is 7.77. The van der Waals surface area contributed by atoms with E-state index in [4.69, 9.17) is 4.42 Å². The van der Waals surface area contributed by atoms with Crippen LogP contribution in [0.3, 0.4) is 0 Å². The van der Waals surface area contributed by atoms with Gasteiger partial charge in [-0.05, 0) is 48.2 Å². The fraction of sp³-hybridized carbons (Fsp3) is 0.211. The Hall–Kier alpha value is -2.11. The van der Waals surface area contributed by atoms with Crippen molar-refractivity contribution in [2.75, 3.05) is 27.2 Å². The van der Waals surface area contributed by atoms with Crippen molar-refractivity contribution in [3.8, 4) is 11.3 Å². The molecule has 2 aromatic carbocycles. The van der Waals surface area contributed by atoms with Gasteiger partial charge in [0, 0.05) is 24.0 Å². The number of halogens is 1. The number of hydrogen-bond donors (Lipinski definition) is 1. The zero-order valence-corrected chi connectivity index (χ0v) is 15.3. The van der Waals surface area contributed by atoms with Crippen LogP contribution in [0.4, 0.5) is 0 Å². The largest absolute Gasteiger partial charge is 0.455 e. The second-order valence-electron chi connectivity index (χ2n) is 5.85. The molecule has 0 atom stereocenters. The Kier molecular flexibility index (Phi) is 5.02. The monoisotopic (exact) mass is 386 g/mol. The number of benzene rings is 2. The van der Waals surface area contributed by atoms with Gasteiger partial charge in [-0.15, -0.1) is 0 Å². The van der Waals surface area contributed by atoms with Gasteiger partial charge in [-0.25, -0.2) is 0 Å². The number of fused-ring (bicyclic) bond motifs is 1. The molecule has 0 spiro atoms. The van der Waals surface area contributed by atoms with E-state index in [9.17, 15) is 4.79 Å². The molecule has 0 bridgehead atoms. The lowest BCUT2D eigenvalue weighted by Gasteiger charge is -2.12. The molecule has 0 radical (unpaired) electrons. The van der Waals surface area contributed by atoms with E-state index in [1.54, 1.807) is 0 Å². The van der Waals surface area contributed by atoms with Gasteiger partial charge in [0.2, 0.25) is 0 Å². The van der Waals surface area contributed by atoms with Crippen LogP contribution in [-0.2, 0) is 0 Å². The van der Waals surface area contributed by atoms with E-state index >= 15 is 0 Å². The van der Waals surface area contributed by atoms with Crippen molar-refractivity contribution in [3.05, 3.63) is 58.6 Å². The van der Waals surface area contributed by atoms with E-state index in [1.165, 1.54) is 0 Å². The van der Waals surface area contributed by atoms with Crippen LogP contribution in [-0.4, -0.2) is 38.0 Å². The average Bonchev–Trinajstić information content (AvgIpc) is 2.91. The van der Waals surface area contributed by atoms with E-state index < -0.39 is 0 Å². The Balaban J connectivity index is 1.96. The van der Waals surface area contributed by atoms with Crippen molar-refractivity contribution in [2.45, 2.75) is 0 Å². The number of nitrogens with zero attached hydrogens (tertiary/aromatic N) is 1. The maximum absolute atomic E-state index is 12.6. The van der Waals surface area contributed by atoms with Crippen LogP contribution in [0.2, 0.25) is 0 Å². The topological polar surface area (TPSA) is 45.5 Å². The lowest BCUT2D eigenvalue weighted by Crippen LogP contribution is -2.31. The van der Waals surface area contributed by atoms with Gasteiger partial charge in [0.15, 0.2) is 0 Å². The summed E-state index contributed by atoms with van der Waals surface area (Å²) in [5.74, 6) is 0.578. The second kappa shape index (κ2) is 7.20. The highest BCUT2D eigenvalue weighted by atomic mass is 79.9. The predicted molar refractivity (Wildman–Crippen MR) is 100 cm³/mol. The van der Waals surface area contributed by atoms with Gasteiger partial charge >= 0.3 is 0 Å². The smallest absolute Gasteiger partial charge is 0.252 e. The van der Waals surface area contributed by atoms with Gasteiger partial charge in [-0.2, -0.15) is 0 Å². The summed E-state index contributed by atoms with van der Waals surface area (Å²) in [5.41, 5.74) is 2.18. The third-order valence-electron chi connectivity index (χ3n) is 3.80. The third kappa shape index (κ3) is 3.37. The van der Waals surface area contributed by atoms with Crippen molar-refractivity contribution in [2.24, 2.45) is 0 Å². The van der Waals surface area contributed by atoms with E-state index in [2.05, 4.69) is 21.2 Å². The van der Waals surface area contributed by atoms with E-state index in [0.29, 0.717) is 17.9 Å². The number of carbonyl (C=O) groups is 1. The second-order valence-corrected chi connectivity index (χ2v) is 6.64. The van der Waals surface area contributed by atoms with Gasteiger partial charge in [-0.3, -0.25) is 4.79 Å². The fourth-order valence-corrected chi connectivity index (χ4v) is 3.18. The molecule has 0 saturated heterocycles. The summed E-state index contributed by atoms with van der Waals surface area (Å²) in [5, 5.41) is 3.95. The molecule has 124 valence electrons. The maximum Gasteiger partial charge on any atom is 0.252 e. The summed E-state index contributed by atoms with van der Waals surface area (Å²) < 4.78 is 6.85. The molecule has 1 N–H and O–H groups in total. The Labute approximate surface area is 149 Å². The Morgan fingerprint density at radius 3 is 2.58 bits per heavy atom. The Morgan fingerprint density at radius 1 is 1.12 bits per heavy atom. The number of para-hydroxylation sites is 1. The molecule has 1 heterocycles. The molecule has 3 aromatic rings. The molecule has 0 saturated carbocycles. The highest BCUT2D eigenvalue weighted by molar-refractivity contribution is 9.10. The molecular formula is C19H19BrN2O2. The van der Waals surface area contributed by atoms with E-state index in [0.717, 1.165) is 27.6 Å². The van der Waals surface area contributed by atoms with Crippen molar-refractivity contribution in [3.63, 3.8) is 0 Å². The molecule has 0 aliphatic heterocycles. The summed E-state index contributed by atoms with van der Waals surface area (Å²) >= 11 is 3.61. The van der Waals surface area contributed by atoms with Crippen molar-refractivity contribution >= 4 is 32.8 Å². The van der Waals surface area contributed by atoms with Crippen molar-refractivity contribution in [1.29, 1.82) is 0 Å². The Morgan fingerprint density at radius 2 is 1.83 bits per heavy atom. The maximum atomic E-state index is 12.6. The van der Waals surface area contributed by atoms with Crippen LogP contribution < -0.4 is 5.32 Å². The molecule has 24 heavy (non-hydrogen) atoms. The van der Waals surface area contributed by atoms with Crippen LogP contribution in [0.25, 0.3) is 22.3 Å². The summed E-state index contributed by atoms with van der Waals surface area (Å²) in [7, 11) is 3.96. The lowest BCUT2D eigenvalue weighted by molar-refractivity contribution is 0.0951. The van der Waals surface area contributed by atoms with Gasteiger partial charge in [-0.1, -0.05) is 30.3 Å². The number of rotatable bonds is 5. The highest BCUT2D eigenvalue weighted by Crippen LogP contribution is 2.38. The van der Waals surface area contributed by atoms with Gasteiger partial charge in [0.25, 0.3) is 5.91 Å². The number of furan rings is 1. The molecule has 1 aromatic heterocycles. The first kappa shape index (κ1) is 16.7. The summed E-state index contributed by atoms with van der Waals surface area (Å²) in [6.07, 6.45) is 0. The van der Waals surface area contributed by atoms with Gasteiger partial charge in [0.05, 0.1) is 10.0 Å². The van der Waals surface area contributed by atoms with Crippen LogP contribution in [0.15, 0.2) is 57.4 Å². The van der Waals surface area contributed by atoms with Crippen molar-refractivity contribution in [1.82, 2.24) is 10.2 Å². The molecular weight excluding hydrogens is 368 g/mol. The average molecular weight is 387 g/mol. The minimum Gasteiger partial charge on any atom is -0.455 e. The number of carbonyl (C=O) groups excluding carboxylic acids is 1. The Bertz CT molecular complexity index is 871. The normalized spacial score (nSPS) is 11.2. The standard InChI is InChI=1S/C19H19BrN2O2/c1-22(2)12-11-21-19(23)14-8-4-3-7-13(14)18-17(20)15-9-5-6-10-16(15)24-18/h3-10H,11-12H2,1-2H3,(H,21,23). The van der Waals surface area contributed by atoms with E-state index in [-0.39, 0.29) is 5.91 Å². The minimum atomic E-state index is -0.0974. The molecule has 3 rings (SSSR count). The van der Waals surface area contributed by atoms with Crippen LogP contribution in [0.1, 0.15) is 10.4 Å². The molecule has 0 aliphatic carbocycles. The lowest BCUT2D eigenvalue weighted by atomic mass is 10.0. The summed E-state index contributed by atoms with van der Waals surface area (Å²) in [6.45, 7) is 1.39. The van der Waals surface area contributed by atoms with E-state index in [1.807, 2.05) is 67.5 Å². The predicted octanol–water partition coefficient (Wildman–Crippen LogP) is 4.15. The molecule has 4 nitrogen and oxygen atoms in total. The molecule has 1 amide bonds. The van der Waals surface area contributed by atoms with Crippen molar-refractivity contribution < 1.29 is 9.21 Å². The number of amides is 1. The van der Waals surface area contributed by atoms with Gasteiger partial charge < -0.3 is 14.6 Å². The third-order valence-corrected chi connectivity index (χ3v) is 4.58. The zero-order valence-electron chi connectivity index (χ0n) is 13.7. The highest BCUT2D eigenvalue weighted by Gasteiger charge is 2.19. The van der Waals surface area contributed by atoms with Gasteiger partial charge in [0.1, 0.15) is 11.3 Å². The summed E-state index contributed by atoms with van der Waals surface area (Å²) in [4.78, 5) is 14.6. The van der Waals surface area contributed by atoms with Crippen LogP contribution in [0.5, 0.6) is 0 Å². The van der Waals surface area contributed by atoms with Crippen LogP contribution >= 0.6 is 15.9 Å². The molecule has 0 unspecified atom stereocenters. The molecule has 5 heteroatoms. The number of likely N-dealkylation sites (N-methyl/N-ethyl adjacent to an activating group) is 1. The number of nitrogens with one attached hydrogen (secondary N) is 1. The quantitative estimate of drug-likeness (QED) is 0.715. The SMILES string of the molecule is CN(C)CCNC(=O)c1ccccc1-c1oc2ccccc2c1Br.